The molecular weight excluding hydrogens is 268 g/mol. The van der Waals surface area contributed by atoms with Gasteiger partial charge in [-0.25, -0.2) is 0 Å². The fourth-order valence-electron chi connectivity index (χ4n) is 2.57. The van der Waals surface area contributed by atoms with Crippen molar-refractivity contribution in [3.05, 3.63) is 29.8 Å². The number of nitrogens with one attached hydrogen (secondary N) is 1. The molecule has 5 heteroatoms. The van der Waals surface area contributed by atoms with Crippen molar-refractivity contribution in [1.82, 2.24) is 5.32 Å². The van der Waals surface area contributed by atoms with Crippen molar-refractivity contribution >= 4 is 5.91 Å². The molecule has 1 aromatic carbocycles. The van der Waals surface area contributed by atoms with Crippen molar-refractivity contribution in [2.75, 3.05) is 26.4 Å². The summed E-state index contributed by atoms with van der Waals surface area (Å²) < 4.78 is 10.8. The number of rotatable bonds is 6. The normalized spacial score (nSPS) is 17.2. The van der Waals surface area contributed by atoms with E-state index in [9.17, 15) is 4.79 Å². The highest BCUT2D eigenvalue weighted by molar-refractivity contribution is 5.83. The van der Waals surface area contributed by atoms with Crippen LogP contribution in [0.1, 0.15) is 25.3 Å². The van der Waals surface area contributed by atoms with Crippen molar-refractivity contribution in [3.8, 4) is 5.75 Å². The predicted octanol–water partition coefficient (Wildman–Crippen LogP) is 1.46. The highest BCUT2D eigenvalue weighted by Gasteiger charge is 2.38. The Labute approximate surface area is 125 Å². The van der Waals surface area contributed by atoms with E-state index in [1.54, 1.807) is 0 Å². The standard InChI is InChI=1S/C16H24N2O3/c1-2-21-14-5-3-4-13(10-14)11-18-15(19)16(12-17)6-8-20-9-7-16/h3-5,10H,2,6-9,11-12,17H2,1H3,(H,18,19). The molecule has 1 amide bonds. The highest BCUT2D eigenvalue weighted by Crippen LogP contribution is 2.29. The Morgan fingerprint density at radius 3 is 2.86 bits per heavy atom. The number of carbonyl (C=O) groups is 1. The molecule has 0 saturated carbocycles. The molecular formula is C16H24N2O3. The Morgan fingerprint density at radius 1 is 1.43 bits per heavy atom. The summed E-state index contributed by atoms with van der Waals surface area (Å²) in [4.78, 5) is 12.5. The summed E-state index contributed by atoms with van der Waals surface area (Å²) in [5.41, 5.74) is 6.38. The topological polar surface area (TPSA) is 73.6 Å². The zero-order chi connectivity index (χ0) is 15.1. The van der Waals surface area contributed by atoms with Crippen LogP contribution in [-0.4, -0.2) is 32.3 Å². The first kappa shape index (κ1) is 15.8. The zero-order valence-corrected chi connectivity index (χ0v) is 12.6. The molecule has 0 bridgehead atoms. The van der Waals surface area contributed by atoms with Gasteiger partial charge in [0.1, 0.15) is 5.75 Å². The third-order valence-corrected chi connectivity index (χ3v) is 3.98. The predicted molar refractivity (Wildman–Crippen MR) is 81.0 cm³/mol. The van der Waals surface area contributed by atoms with Crippen LogP contribution in [-0.2, 0) is 16.1 Å². The largest absolute Gasteiger partial charge is 0.494 e. The minimum Gasteiger partial charge on any atom is -0.494 e. The molecule has 0 aromatic heterocycles. The van der Waals surface area contributed by atoms with Gasteiger partial charge in [0.2, 0.25) is 5.91 Å². The summed E-state index contributed by atoms with van der Waals surface area (Å²) >= 11 is 0. The number of ether oxygens (including phenoxy) is 2. The average molecular weight is 292 g/mol. The van der Waals surface area contributed by atoms with Crippen molar-refractivity contribution in [3.63, 3.8) is 0 Å². The second kappa shape index (κ2) is 7.43. The van der Waals surface area contributed by atoms with Gasteiger partial charge in [0, 0.05) is 26.3 Å². The van der Waals surface area contributed by atoms with E-state index in [1.165, 1.54) is 0 Å². The van der Waals surface area contributed by atoms with Gasteiger partial charge < -0.3 is 20.5 Å². The van der Waals surface area contributed by atoms with E-state index in [0.717, 1.165) is 11.3 Å². The first-order valence-electron chi connectivity index (χ1n) is 7.48. The van der Waals surface area contributed by atoms with Gasteiger partial charge in [-0.2, -0.15) is 0 Å². The number of amides is 1. The van der Waals surface area contributed by atoms with E-state index in [2.05, 4.69) is 5.32 Å². The number of hydrogen-bond acceptors (Lipinski definition) is 4. The molecule has 0 unspecified atom stereocenters. The molecule has 1 aliphatic heterocycles. The van der Waals surface area contributed by atoms with Gasteiger partial charge in [-0.1, -0.05) is 12.1 Å². The molecule has 0 radical (unpaired) electrons. The van der Waals surface area contributed by atoms with Crippen LogP contribution in [0.4, 0.5) is 0 Å². The molecule has 1 fully saturated rings. The molecule has 5 nitrogen and oxygen atoms in total. The maximum absolute atomic E-state index is 12.5. The van der Waals surface area contributed by atoms with Gasteiger partial charge in [0.25, 0.3) is 0 Å². The molecule has 21 heavy (non-hydrogen) atoms. The lowest BCUT2D eigenvalue weighted by molar-refractivity contribution is -0.136. The van der Waals surface area contributed by atoms with Crippen LogP contribution in [0.25, 0.3) is 0 Å². The van der Waals surface area contributed by atoms with Crippen molar-refractivity contribution in [2.45, 2.75) is 26.3 Å². The van der Waals surface area contributed by atoms with Gasteiger partial charge in [-0.15, -0.1) is 0 Å². The Hall–Kier alpha value is -1.59. The van der Waals surface area contributed by atoms with Crippen LogP contribution in [0.15, 0.2) is 24.3 Å². The average Bonchev–Trinajstić information content (AvgIpc) is 2.54. The molecule has 1 saturated heterocycles. The third kappa shape index (κ3) is 3.95. The maximum atomic E-state index is 12.5. The SMILES string of the molecule is CCOc1cccc(CNC(=O)C2(CN)CCOCC2)c1. The fraction of sp³-hybridized carbons (Fsp3) is 0.562. The second-order valence-corrected chi connectivity index (χ2v) is 5.36. The number of nitrogens with two attached hydrogens (primary N) is 1. The quantitative estimate of drug-likeness (QED) is 0.832. The van der Waals surface area contributed by atoms with Crippen molar-refractivity contribution < 1.29 is 14.3 Å². The van der Waals surface area contributed by atoms with Crippen LogP contribution >= 0.6 is 0 Å². The summed E-state index contributed by atoms with van der Waals surface area (Å²) in [5, 5.41) is 3.00. The Kier molecular flexibility index (Phi) is 5.59. The first-order chi connectivity index (χ1) is 10.2. The maximum Gasteiger partial charge on any atom is 0.227 e. The summed E-state index contributed by atoms with van der Waals surface area (Å²) in [5.74, 6) is 0.846. The fourth-order valence-corrected chi connectivity index (χ4v) is 2.57. The Bertz CT molecular complexity index is 470. The summed E-state index contributed by atoms with van der Waals surface area (Å²) in [7, 11) is 0. The van der Waals surface area contributed by atoms with E-state index in [4.69, 9.17) is 15.2 Å². The van der Waals surface area contributed by atoms with Crippen molar-refractivity contribution in [2.24, 2.45) is 11.1 Å². The van der Waals surface area contributed by atoms with E-state index < -0.39 is 5.41 Å². The molecule has 2 rings (SSSR count). The lowest BCUT2D eigenvalue weighted by Gasteiger charge is -2.34. The van der Waals surface area contributed by atoms with E-state index in [0.29, 0.717) is 45.8 Å². The summed E-state index contributed by atoms with van der Waals surface area (Å²) in [6.07, 6.45) is 1.38. The number of hydrogen-bond donors (Lipinski definition) is 2. The smallest absolute Gasteiger partial charge is 0.227 e. The number of benzene rings is 1. The third-order valence-electron chi connectivity index (χ3n) is 3.98. The van der Waals surface area contributed by atoms with E-state index in [1.807, 2.05) is 31.2 Å². The van der Waals surface area contributed by atoms with Gasteiger partial charge in [0.15, 0.2) is 0 Å². The van der Waals surface area contributed by atoms with Crippen molar-refractivity contribution in [1.29, 1.82) is 0 Å². The molecule has 0 spiro atoms. The molecule has 116 valence electrons. The minimum atomic E-state index is -0.476. The zero-order valence-electron chi connectivity index (χ0n) is 12.6. The highest BCUT2D eigenvalue weighted by atomic mass is 16.5. The van der Waals surface area contributed by atoms with E-state index in [-0.39, 0.29) is 5.91 Å². The lowest BCUT2D eigenvalue weighted by Crippen LogP contribution is -2.48. The van der Waals surface area contributed by atoms with Crippen LogP contribution in [0, 0.1) is 5.41 Å². The van der Waals surface area contributed by atoms with E-state index >= 15 is 0 Å². The monoisotopic (exact) mass is 292 g/mol. The Balaban J connectivity index is 1.95. The van der Waals surface area contributed by atoms with Crippen LogP contribution < -0.4 is 15.8 Å². The Morgan fingerprint density at radius 2 is 2.19 bits per heavy atom. The molecule has 1 aliphatic rings. The first-order valence-corrected chi connectivity index (χ1v) is 7.48. The minimum absolute atomic E-state index is 0.0233. The molecule has 0 atom stereocenters. The van der Waals surface area contributed by atoms with Gasteiger partial charge in [-0.3, -0.25) is 4.79 Å². The van der Waals surface area contributed by atoms with Crippen LogP contribution in [0.3, 0.4) is 0 Å². The van der Waals surface area contributed by atoms with Gasteiger partial charge in [-0.05, 0) is 37.5 Å². The van der Waals surface area contributed by atoms with Crippen LogP contribution in [0.2, 0.25) is 0 Å². The van der Waals surface area contributed by atoms with Crippen LogP contribution in [0.5, 0.6) is 5.75 Å². The molecule has 0 aliphatic carbocycles. The molecule has 1 aromatic rings. The number of carbonyl (C=O) groups excluding carboxylic acids is 1. The van der Waals surface area contributed by atoms with Gasteiger partial charge >= 0.3 is 0 Å². The van der Waals surface area contributed by atoms with Gasteiger partial charge in [0.05, 0.1) is 12.0 Å². The second-order valence-electron chi connectivity index (χ2n) is 5.36. The summed E-state index contributed by atoms with van der Waals surface area (Å²) in [6, 6.07) is 7.76. The molecule has 1 heterocycles. The summed E-state index contributed by atoms with van der Waals surface area (Å²) in [6.45, 7) is 4.63. The molecule has 3 N–H and O–H groups in total. The lowest BCUT2D eigenvalue weighted by atomic mass is 9.79.